The molecule has 0 spiro atoms. The Morgan fingerprint density at radius 1 is 1.21 bits per heavy atom. The van der Waals surface area contributed by atoms with Crippen LogP contribution in [0.1, 0.15) is 5.56 Å². The molecule has 0 aliphatic rings. The first-order valence-corrected chi connectivity index (χ1v) is 4.40. The van der Waals surface area contributed by atoms with Crippen molar-refractivity contribution in [2.75, 3.05) is 0 Å². The third kappa shape index (κ3) is 2.50. The van der Waals surface area contributed by atoms with Crippen LogP contribution in [0.4, 0.5) is 0 Å². The summed E-state index contributed by atoms with van der Waals surface area (Å²) in [6.07, 6.45) is 1.40. The van der Waals surface area contributed by atoms with Crippen molar-refractivity contribution in [2.45, 2.75) is 0 Å². The number of rotatable bonds is 1. The predicted octanol–water partition coefficient (Wildman–Crippen LogP) is 3.42. The summed E-state index contributed by atoms with van der Waals surface area (Å²) in [6.45, 7) is 0. The summed E-state index contributed by atoms with van der Waals surface area (Å²) in [5, 5.41) is 18.0. The first-order chi connectivity index (χ1) is 6.67. The highest BCUT2D eigenvalue weighted by Gasteiger charge is 2.00. The van der Waals surface area contributed by atoms with Gasteiger partial charge in [-0.1, -0.05) is 23.2 Å². The highest BCUT2D eigenvalue weighted by Crippen LogP contribution is 2.22. The van der Waals surface area contributed by atoms with Crippen LogP contribution in [0.2, 0.25) is 10.0 Å². The van der Waals surface area contributed by atoms with E-state index in [1.54, 1.807) is 30.3 Å². The number of hydrogen-bond donors (Lipinski definition) is 0. The van der Waals surface area contributed by atoms with E-state index in [0.29, 0.717) is 15.6 Å². The second-order valence-corrected chi connectivity index (χ2v) is 3.29. The van der Waals surface area contributed by atoms with Crippen molar-refractivity contribution in [2.24, 2.45) is 0 Å². The lowest BCUT2D eigenvalue weighted by molar-refractivity contribution is 1.47. The van der Waals surface area contributed by atoms with Crippen LogP contribution in [0.3, 0.4) is 0 Å². The van der Waals surface area contributed by atoms with E-state index in [0.717, 1.165) is 0 Å². The predicted molar refractivity (Wildman–Crippen MR) is 55.7 cm³/mol. The van der Waals surface area contributed by atoms with Crippen molar-refractivity contribution in [1.82, 2.24) is 0 Å². The Bertz CT molecular complexity index is 448. The van der Waals surface area contributed by atoms with E-state index in [2.05, 4.69) is 0 Å². The first-order valence-electron chi connectivity index (χ1n) is 3.64. The van der Waals surface area contributed by atoms with Gasteiger partial charge in [-0.3, -0.25) is 0 Å². The largest absolute Gasteiger partial charge is 0.192 e. The van der Waals surface area contributed by atoms with Gasteiger partial charge in [0.2, 0.25) is 0 Å². The maximum Gasteiger partial charge on any atom is 0.130 e. The molecular formula is C10H4Cl2N2. The van der Waals surface area contributed by atoms with Crippen molar-refractivity contribution < 1.29 is 0 Å². The zero-order valence-corrected chi connectivity index (χ0v) is 8.47. The van der Waals surface area contributed by atoms with Gasteiger partial charge in [-0.2, -0.15) is 10.5 Å². The molecule has 0 aromatic heterocycles. The first kappa shape index (κ1) is 10.6. The summed E-state index contributed by atoms with van der Waals surface area (Å²) >= 11 is 11.6. The van der Waals surface area contributed by atoms with Crippen molar-refractivity contribution in [3.63, 3.8) is 0 Å². The van der Waals surface area contributed by atoms with Gasteiger partial charge in [-0.15, -0.1) is 0 Å². The van der Waals surface area contributed by atoms with E-state index in [4.69, 9.17) is 33.7 Å². The van der Waals surface area contributed by atoms with E-state index < -0.39 is 0 Å². The minimum absolute atomic E-state index is 0.00540. The van der Waals surface area contributed by atoms with Crippen LogP contribution >= 0.6 is 23.2 Å². The zero-order chi connectivity index (χ0) is 10.6. The monoisotopic (exact) mass is 222 g/mol. The molecule has 0 radical (unpaired) electrons. The SMILES string of the molecule is N#CC(C#N)=Cc1cc(Cl)ccc1Cl. The lowest BCUT2D eigenvalue weighted by Crippen LogP contribution is -1.78. The summed E-state index contributed by atoms with van der Waals surface area (Å²) in [5.41, 5.74) is 0.562. The van der Waals surface area contributed by atoms with Gasteiger partial charge in [0.1, 0.15) is 17.7 Å². The lowest BCUT2D eigenvalue weighted by Gasteiger charge is -1.97. The Labute approximate surface area is 91.6 Å². The molecular weight excluding hydrogens is 219 g/mol. The maximum atomic E-state index is 8.53. The molecule has 0 aliphatic carbocycles. The summed E-state index contributed by atoms with van der Waals surface area (Å²) in [5.74, 6) is 0. The second-order valence-electron chi connectivity index (χ2n) is 2.45. The molecule has 1 aromatic carbocycles. The molecule has 0 N–H and O–H groups in total. The van der Waals surface area contributed by atoms with Gasteiger partial charge >= 0.3 is 0 Å². The molecule has 0 atom stereocenters. The maximum absolute atomic E-state index is 8.53. The Kier molecular flexibility index (Phi) is 3.54. The van der Waals surface area contributed by atoms with Crippen LogP contribution in [0.25, 0.3) is 6.08 Å². The number of hydrogen-bond acceptors (Lipinski definition) is 2. The molecule has 14 heavy (non-hydrogen) atoms. The molecule has 0 saturated carbocycles. The molecule has 0 amide bonds. The van der Waals surface area contributed by atoms with Crippen molar-refractivity contribution in [3.8, 4) is 12.1 Å². The van der Waals surface area contributed by atoms with E-state index in [9.17, 15) is 0 Å². The summed E-state index contributed by atoms with van der Waals surface area (Å²) in [7, 11) is 0. The van der Waals surface area contributed by atoms with Gasteiger partial charge in [-0.05, 0) is 29.8 Å². The number of benzene rings is 1. The summed E-state index contributed by atoms with van der Waals surface area (Å²) < 4.78 is 0. The van der Waals surface area contributed by atoms with Gasteiger partial charge in [0.05, 0.1) is 0 Å². The molecule has 0 bridgehead atoms. The second kappa shape index (κ2) is 4.67. The van der Waals surface area contributed by atoms with Crippen molar-refractivity contribution in [1.29, 1.82) is 10.5 Å². The number of allylic oxidation sites excluding steroid dienone is 1. The van der Waals surface area contributed by atoms with Crippen LogP contribution < -0.4 is 0 Å². The van der Waals surface area contributed by atoms with Gasteiger partial charge < -0.3 is 0 Å². The van der Waals surface area contributed by atoms with E-state index >= 15 is 0 Å². The fraction of sp³-hybridized carbons (Fsp3) is 0. The summed E-state index contributed by atoms with van der Waals surface area (Å²) in [4.78, 5) is 0. The Hall–Kier alpha value is -1.48. The van der Waals surface area contributed by atoms with Crippen LogP contribution in [0.15, 0.2) is 23.8 Å². The topological polar surface area (TPSA) is 47.6 Å². The smallest absolute Gasteiger partial charge is 0.130 e. The van der Waals surface area contributed by atoms with Crippen molar-refractivity contribution in [3.05, 3.63) is 39.4 Å². The van der Waals surface area contributed by atoms with E-state index in [1.807, 2.05) is 0 Å². The molecule has 68 valence electrons. The highest BCUT2D eigenvalue weighted by atomic mass is 35.5. The Morgan fingerprint density at radius 3 is 2.43 bits per heavy atom. The van der Waals surface area contributed by atoms with Gasteiger partial charge in [-0.25, -0.2) is 0 Å². The standard InChI is InChI=1S/C10H4Cl2N2/c11-9-1-2-10(12)8(4-9)3-7(5-13)6-14/h1-4H. The highest BCUT2D eigenvalue weighted by molar-refractivity contribution is 6.34. The molecule has 0 unspecified atom stereocenters. The number of halogens is 2. The van der Waals surface area contributed by atoms with Gasteiger partial charge in [0.15, 0.2) is 0 Å². The van der Waals surface area contributed by atoms with E-state index in [1.165, 1.54) is 6.08 Å². The van der Waals surface area contributed by atoms with E-state index in [-0.39, 0.29) is 5.57 Å². The summed E-state index contributed by atoms with van der Waals surface area (Å²) in [6, 6.07) is 8.34. The molecule has 2 nitrogen and oxygen atoms in total. The quantitative estimate of drug-likeness (QED) is 0.684. The minimum Gasteiger partial charge on any atom is -0.192 e. The zero-order valence-electron chi connectivity index (χ0n) is 6.96. The van der Waals surface area contributed by atoms with Crippen LogP contribution in [-0.4, -0.2) is 0 Å². The van der Waals surface area contributed by atoms with Crippen LogP contribution in [0, 0.1) is 22.7 Å². The third-order valence-electron chi connectivity index (χ3n) is 1.50. The Morgan fingerprint density at radius 2 is 1.86 bits per heavy atom. The van der Waals surface area contributed by atoms with Gasteiger partial charge in [0.25, 0.3) is 0 Å². The number of nitrogens with zero attached hydrogens (tertiary/aromatic N) is 2. The van der Waals surface area contributed by atoms with Crippen molar-refractivity contribution >= 4 is 29.3 Å². The fourth-order valence-corrected chi connectivity index (χ4v) is 1.22. The lowest BCUT2D eigenvalue weighted by atomic mass is 10.1. The Balaban J connectivity index is 3.22. The minimum atomic E-state index is -0.00540. The van der Waals surface area contributed by atoms with Crippen LogP contribution in [-0.2, 0) is 0 Å². The molecule has 0 saturated heterocycles. The molecule has 0 aliphatic heterocycles. The fourth-order valence-electron chi connectivity index (χ4n) is 0.870. The molecule has 0 heterocycles. The molecule has 1 aromatic rings. The average molecular weight is 223 g/mol. The molecule has 1 rings (SSSR count). The number of nitriles is 2. The normalized spacial score (nSPS) is 8.57. The molecule has 4 heteroatoms. The van der Waals surface area contributed by atoms with Gasteiger partial charge in [0, 0.05) is 10.0 Å². The molecule has 0 fully saturated rings. The average Bonchev–Trinajstić information content (AvgIpc) is 2.19. The van der Waals surface area contributed by atoms with Crippen LogP contribution in [0.5, 0.6) is 0 Å². The third-order valence-corrected chi connectivity index (χ3v) is 2.08.